The molecule has 0 saturated carbocycles. The number of hydrogen-bond acceptors (Lipinski definition) is 5. The van der Waals surface area contributed by atoms with E-state index in [4.69, 9.17) is 25.5 Å². The first kappa shape index (κ1) is 21.6. The average molecular weight is 472 g/mol. The summed E-state index contributed by atoms with van der Waals surface area (Å²) in [4.78, 5) is 25.1. The molecule has 0 aliphatic rings. The van der Waals surface area contributed by atoms with Gasteiger partial charge in [-0.3, -0.25) is 9.59 Å². The monoisotopic (exact) mass is 471 g/mol. The van der Waals surface area contributed by atoms with E-state index in [1.807, 2.05) is 36.4 Å². The maximum absolute atomic E-state index is 12.9. The van der Waals surface area contributed by atoms with Gasteiger partial charge >= 0.3 is 0 Å². The molecule has 1 aromatic heterocycles. The Labute approximate surface area is 199 Å². The highest BCUT2D eigenvalue weighted by Crippen LogP contribution is 2.27. The van der Waals surface area contributed by atoms with Crippen molar-refractivity contribution in [2.24, 2.45) is 0 Å². The van der Waals surface area contributed by atoms with Gasteiger partial charge in [-0.2, -0.15) is 0 Å². The molecule has 0 radical (unpaired) electrons. The summed E-state index contributed by atoms with van der Waals surface area (Å²) >= 11 is 6.05. The highest BCUT2D eigenvalue weighted by molar-refractivity contribution is 6.33. The van der Waals surface area contributed by atoms with Gasteiger partial charge in [0.1, 0.15) is 23.3 Å². The highest BCUT2D eigenvalue weighted by atomic mass is 35.5. The third-order valence-corrected chi connectivity index (χ3v) is 5.51. The second-order valence-corrected chi connectivity index (χ2v) is 7.92. The van der Waals surface area contributed by atoms with Crippen molar-refractivity contribution in [2.75, 3.05) is 11.9 Å². The van der Waals surface area contributed by atoms with Gasteiger partial charge in [0.2, 0.25) is 11.2 Å². The zero-order chi connectivity index (χ0) is 23.5. The molecular weight excluding hydrogens is 454 g/mol. The molecule has 0 fully saturated rings. The van der Waals surface area contributed by atoms with Crippen molar-refractivity contribution in [3.8, 4) is 17.2 Å². The predicted octanol–water partition coefficient (Wildman–Crippen LogP) is 6.41. The Morgan fingerprint density at radius 3 is 2.50 bits per heavy atom. The number of amides is 1. The van der Waals surface area contributed by atoms with Gasteiger partial charge in [0.25, 0.3) is 5.91 Å². The molecule has 34 heavy (non-hydrogen) atoms. The van der Waals surface area contributed by atoms with Gasteiger partial charge in [-0.05, 0) is 47.2 Å². The smallest absolute Gasteiger partial charge is 0.262 e. The Balaban J connectivity index is 1.30. The zero-order valence-electron chi connectivity index (χ0n) is 17.8. The average Bonchev–Trinajstić information content (AvgIpc) is 2.86. The Morgan fingerprint density at radius 2 is 1.65 bits per heavy atom. The Kier molecular flexibility index (Phi) is 5.89. The lowest BCUT2D eigenvalue weighted by molar-refractivity contribution is -0.118. The normalized spacial score (nSPS) is 10.9. The number of ether oxygens (including phenoxy) is 2. The number of fused-ring (bicyclic) bond motifs is 2. The van der Waals surface area contributed by atoms with E-state index in [0.29, 0.717) is 33.2 Å². The Hall–Kier alpha value is -4.29. The van der Waals surface area contributed by atoms with Crippen molar-refractivity contribution in [1.29, 1.82) is 0 Å². The Morgan fingerprint density at radius 1 is 0.882 bits per heavy atom. The zero-order valence-corrected chi connectivity index (χ0v) is 18.5. The van der Waals surface area contributed by atoms with E-state index >= 15 is 0 Å². The van der Waals surface area contributed by atoms with E-state index in [1.54, 1.807) is 48.5 Å². The van der Waals surface area contributed by atoms with Crippen LogP contribution in [0, 0.1) is 0 Å². The molecule has 4 aromatic carbocycles. The molecule has 168 valence electrons. The van der Waals surface area contributed by atoms with E-state index in [9.17, 15) is 9.59 Å². The van der Waals surface area contributed by atoms with E-state index in [0.717, 1.165) is 10.8 Å². The highest BCUT2D eigenvalue weighted by Gasteiger charge is 2.12. The fraction of sp³-hybridized carbons (Fsp3) is 0.0370. The minimum absolute atomic E-state index is 0.0792. The number of carbonyl (C=O) groups is 1. The largest absolute Gasteiger partial charge is 0.484 e. The Bertz CT molecular complexity index is 1580. The first-order valence-electron chi connectivity index (χ1n) is 10.5. The molecule has 1 amide bonds. The molecule has 0 saturated heterocycles. The fourth-order valence-electron chi connectivity index (χ4n) is 3.51. The van der Waals surface area contributed by atoms with Crippen LogP contribution in [0.3, 0.4) is 0 Å². The molecule has 0 bridgehead atoms. The first-order chi connectivity index (χ1) is 16.6. The van der Waals surface area contributed by atoms with Gasteiger partial charge in [-0.15, -0.1) is 0 Å². The van der Waals surface area contributed by atoms with Gasteiger partial charge in [-0.25, -0.2) is 0 Å². The molecular formula is C27H18ClNO5. The van der Waals surface area contributed by atoms with Crippen LogP contribution in [0.2, 0.25) is 5.02 Å². The minimum atomic E-state index is -0.367. The van der Waals surface area contributed by atoms with Crippen LogP contribution < -0.4 is 20.2 Å². The number of carbonyl (C=O) groups excluding carboxylic acids is 1. The van der Waals surface area contributed by atoms with Crippen molar-refractivity contribution in [3.63, 3.8) is 0 Å². The van der Waals surface area contributed by atoms with Crippen LogP contribution in [0.25, 0.3) is 21.7 Å². The van der Waals surface area contributed by atoms with Gasteiger partial charge in [-0.1, -0.05) is 54.1 Å². The number of hydrogen-bond donors (Lipinski definition) is 1. The van der Waals surface area contributed by atoms with Crippen LogP contribution >= 0.6 is 11.6 Å². The summed E-state index contributed by atoms with van der Waals surface area (Å²) in [7, 11) is 0. The lowest BCUT2D eigenvalue weighted by atomic mass is 10.1. The van der Waals surface area contributed by atoms with Gasteiger partial charge in [0.05, 0.1) is 16.1 Å². The predicted molar refractivity (Wildman–Crippen MR) is 132 cm³/mol. The molecule has 7 heteroatoms. The van der Waals surface area contributed by atoms with Crippen molar-refractivity contribution >= 4 is 44.9 Å². The molecule has 0 aliphatic carbocycles. The first-order valence-corrected chi connectivity index (χ1v) is 10.8. The van der Waals surface area contributed by atoms with Crippen molar-refractivity contribution in [2.45, 2.75) is 0 Å². The molecule has 5 aromatic rings. The quantitative estimate of drug-likeness (QED) is 0.309. The lowest BCUT2D eigenvalue weighted by Crippen LogP contribution is -2.20. The van der Waals surface area contributed by atoms with Crippen LogP contribution in [0.1, 0.15) is 0 Å². The van der Waals surface area contributed by atoms with Gasteiger partial charge in [0, 0.05) is 6.07 Å². The summed E-state index contributed by atoms with van der Waals surface area (Å²) in [6.45, 7) is -0.232. The van der Waals surface area contributed by atoms with Gasteiger partial charge in [0.15, 0.2) is 6.61 Å². The standard InChI is InChI=1S/C27H18ClNO5/c28-22-7-3-4-8-23(22)29-26(30)16-32-19-11-12-21-24(14-19)33-15-25(27(21)31)34-20-10-9-17-5-1-2-6-18(17)13-20/h1-15H,16H2,(H,29,30). The molecule has 5 rings (SSSR count). The van der Waals surface area contributed by atoms with E-state index in [-0.39, 0.29) is 23.7 Å². The van der Waals surface area contributed by atoms with Crippen molar-refractivity contribution in [1.82, 2.24) is 0 Å². The third kappa shape index (κ3) is 4.58. The topological polar surface area (TPSA) is 77.8 Å². The minimum Gasteiger partial charge on any atom is -0.484 e. The molecule has 0 atom stereocenters. The van der Waals surface area contributed by atoms with Crippen LogP contribution in [-0.2, 0) is 4.79 Å². The molecule has 0 unspecified atom stereocenters. The number of para-hydroxylation sites is 1. The molecule has 1 heterocycles. The number of halogens is 1. The summed E-state index contributed by atoms with van der Waals surface area (Å²) in [5, 5.41) is 5.54. The third-order valence-electron chi connectivity index (χ3n) is 5.18. The van der Waals surface area contributed by atoms with E-state index in [1.165, 1.54) is 6.26 Å². The second kappa shape index (κ2) is 9.29. The SMILES string of the molecule is O=C(COc1ccc2c(=O)c(Oc3ccc4ccccc4c3)coc2c1)Nc1ccccc1Cl. The molecule has 6 nitrogen and oxygen atoms in total. The molecule has 0 spiro atoms. The van der Waals surface area contributed by atoms with Crippen molar-refractivity contribution < 1.29 is 18.7 Å². The molecule has 0 aliphatic heterocycles. The van der Waals surface area contributed by atoms with Gasteiger partial charge < -0.3 is 19.2 Å². The van der Waals surface area contributed by atoms with Crippen LogP contribution in [-0.4, -0.2) is 12.5 Å². The number of anilines is 1. The summed E-state index contributed by atoms with van der Waals surface area (Å²) in [5.41, 5.74) is 0.513. The van der Waals surface area contributed by atoms with Crippen molar-refractivity contribution in [3.05, 3.63) is 106 Å². The summed E-state index contributed by atoms with van der Waals surface area (Å²) in [6, 6.07) is 25.1. The second-order valence-electron chi connectivity index (χ2n) is 7.51. The fourth-order valence-corrected chi connectivity index (χ4v) is 3.69. The van der Waals surface area contributed by atoms with Crippen LogP contribution in [0.15, 0.2) is 100 Å². The number of benzene rings is 4. The summed E-state index contributed by atoms with van der Waals surface area (Å²) < 4.78 is 17.0. The number of rotatable bonds is 6. The number of nitrogens with one attached hydrogen (secondary N) is 1. The summed E-state index contributed by atoms with van der Waals surface area (Å²) in [5.74, 6) is 0.632. The molecule has 1 N–H and O–H groups in total. The van der Waals surface area contributed by atoms with Crippen LogP contribution in [0.5, 0.6) is 17.2 Å². The van der Waals surface area contributed by atoms with Crippen LogP contribution in [0.4, 0.5) is 5.69 Å². The maximum Gasteiger partial charge on any atom is 0.262 e. The summed E-state index contributed by atoms with van der Waals surface area (Å²) in [6.07, 6.45) is 1.27. The lowest BCUT2D eigenvalue weighted by Gasteiger charge is -2.10. The van der Waals surface area contributed by atoms with E-state index < -0.39 is 0 Å². The van der Waals surface area contributed by atoms with E-state index in [2.05, 4.69) is 5.32 Å². The maximum atomic E-state index is 12.9.